The molecule has 222 valence electrons. The molecule has 0 unspecified atom stereocenters. The molecule has 0 N–H and O–H groups in total. The number of likely N-dealkylation sites (tertiary alicyclic amines) is 1. The van der Waals surface area contributed by atoms with E-state index in [9.17, 15) is 14.4 Å². The van der Waals surface area contributed by atoms with E-state index < -0.39 is 5.60 Å². The van der Waals surface area contributed by atoms with Crippen molar-refractivity contribution in [2.75, 3.05) is 31.6 Å². The molecule has 5 rings (SSSR count). The zero-order valence-electron chi connectivity index (χ0n) is 25.1. The minimum absolute atomic E-state index is 0.176. The van der Waals surface area contributed by atoms with Gasteiger partial charge < -0.3 is 18.9 Å². The molecule has 2 saturated heterocycles. The summed E-state index contributed by atoms with van der Waals surface area (Å²) in [4.78, 5) is 51.5. The molecule has 3 aromatic rings. The molecule has 2 aliphatic heterocycles. The fourth-order valence-corrected chi connectivity index (χ4v) is 5.85. The van der Waals surface area contributed by atoms with E-state index >= 15 is 0 Å². The number of amides is 1. The first kappa shape index (κ1) is 29.4. The topological polar surface area (TPSA) is 107 Å². The van der Waals surface area contributed by atoms with Gasteiger partial charge in [0.25, 0.3) is 0 Å². The Morgan fingerprint density at radius 1 is 0.929 bits per heavy atom. The molecule has 4 heterocycles. The minimum Gasteiger partial charge on any atom is -0.465 e. The molecule has 10 heteroatoms. The van der Waals surface area contributed by atoms with Crippen molar-refractivity contribution in [1.29, 1.82) is 0 Å². The van der Waals surface area contributed by atoms with Crippen molar-refractivity contribution in [3.63, 3.8) is 0 Å². The van der Waals surface area contributed by atoms with Crippen molar-refractivity contribution >= 4 is 23.5 Å². The number of pyridine rings is 1. The number of carbonyl (C=O) groups excluding carboxylic acids is 3. The van der Waals surface area contributed by atoms with Gasteiger partial charge in [0.1, 0.15) is 17.1 Å². The first-order chi connectivity index (χ1) is 20.0. The third-order valence-corrected chi connectivity index (χ3v) is 8.27. The maximum absolute atomic E-state index is 13.9. The number of nitrogens with zero attached hydrogens (tertiary/aromatic N) is 5. The Labute approximate surface area is 246 Å². The SMILES string of the molecule is COC(=O)c1ccc(-c2ccc(N3CCCC4(CCN(Cc5ncc(C(=O)OC(C)(C)C)n5C)CC4)C3=O)cn2)cc1. The number of hydrogen-bond acceptors (Lipinski definition) is 8. The van der Waals surface area contributed by atoms with Crippen molar-refractivity contribution in [1.82, 2.24) is 19.4 Å². The van der Waals surface area contributed by atoms with Crippen LogP contribution in [0.2, 0.25) is 0 Å². The first-order valence-corrected chi connectivity index (χ1v) is 14.4. The van der Waals surface area contributed by atoms with Gasteiger partial charge in [-0.05, 0) is 83.8 Å². The van der Waals surface area contributed by atoms with E-state index in [1.807, 2.05) is 57.0 Å². The average molecular weight is 574 g/mol. The Morgan fingerprint density at radius 3 is 2.26 bits per heavy atom. The van der Waals surface area contributed by atoms with Gasteiger partial charge in [-0.3, -0.25) is 14.7 Å². The lowest BCUT2D eigenvalue weighted by atomic mass is 9.71. The van der Waals surface area contributed by atoms with Gasteiger partial charge in [0.15, 0.2) is 0 Å². The fourth-order valence-electron chi connectivity index (χ4n) is 5.85. The van der Waals surface area contributed by atoms with E-state index in [1.165, 1.54) is 7.11 Å². The zero-order valence-corrected chi connectivity index (χ0v) is 25.1. The van der Waals surface area contributed by atoms with E-state index in [0.717, 1.165) is 61.5 Å². The predicted molar refractivity (Wildman–Crippen MR) is 158 cm³/mol. The summed E-state index contributed by atoms with van der Waals surface area (Å²) in [6, 6.07) is 11.0. The van der Waals surface area contributed by atoms with E-state index in [-0.39, 0.29) is 23.3 Å². The molecule has 42 heavy (non-hydrogen) atoms. The van der Waals surface area contributed by atoms with Crippen molar-refractivity contribution in [2.24, 2.45) is 12.5 Å². The standard InChI is InChI=1S/C32H39N5O5/c1-31(2,3)42-29(39)26-20-34-27(35(26)4)21-36-17-14-32(15-18-36)13-6-16-37(30(32)40)24-11-12-25(33-19-24)22-7-9-23(10-8-22)28(38)41-5/h7-12,19-20H,6,13-18,21H2,1-5H3. The number of imidazole rings is 1. The number of aromatic nitrogens is 3. The largest absolute Gasteiger partial charge is 0.465 e. The maximum Gasteiger partial charge on any atom is 0.357 e. The lowest BCUT2D eigenvalue weighted by Gasteiger charge is -2.46. The summed E-state index contributed by atoms with van der Waals surface area (Å²) in [5.74, 6) is 0.217. The van der Waals surface area contributed by atoms with Crippen LogP contribution in [0.5, 0.6) is 0 Å². The third-order valence-electron chi connectivity index (χ3n) is 8.27. The molecule has 2 aliphatic rings. The zero-order chi connectivity index (χ0) is 30.1. The van der Waals surface area contributed by atoms with Gasteiger partial charge in [0.05, 0.1) is 48.4 Å². The van der Waals surface area contributed by atoms with Crippen molar-refractivity contribution < 1.29 is 23.9 Å². The van der Waals surface area contributed by atoms with Crippen LogP contribution >= 0.6 is 0 Å². The number of methoxy groups -OCH3 is 1. The molecule has 1 amide bonds. The van der Waals surface area contributed by atoms with Gasteiger partial charge >= 0.3 is 11.9 Å². The molecule has 10 nitrogen and oxygen atoms in total. The van der Waals surface area contributed by atoms with Gasteiger partial charge in [0, 0.05) is 19.2 Å². The van der Waals surface area contributed by atoms with Crippen LogP contribution in [-0.2, 0) is 27.9 Å². The summed E-state index contributed by atoms with van der Waals surface area (Å²) >= 11 is 0. The number of hydrogen-bond donors (Lipinski definition) is 0. The number of rotatable bonds is 6. The van der Waals surface area contributed by atoms with E-state index in [1.54, 1.807) is 29.1 Å². The number of ether oxygens (including phenoxy) is 2. The second kappa shape index (κ2) is 11.7. The Bertz CT molecular complexity index is 1450. The van der Waals surface area contributed by atoms with Gasteiger partial charge in [0.2, 0.25) is 5.91 Å². The maximum atomic E-state index is 13.9. The molecule has 0 radical (unpaired) electrons. The van der Waals surface area contributed by atoms with Crippen LogP contribution in [0, 0.1) is 5.41 Å². The van der Waals surface area contributed by atoms with Crippen LogP contribution in [0.3, 0.4) is 0 Å². The molecule has 0 aliphatic carbocycles. The Balaban J connectivity index is 1.21. The second-order valence-corrected chi connectivity index (χ2v) is 12.2. The molecule has 2 fully saturated rings. The lowest BCUT2D eigenvalue weighted by Crippen LogP contribution is -2.53. The van der Waals surface area contributed by atoms with E-state index in [2.05, 4.69) is 14.9 Å². The highest BCUT2D eigenvalue weighted by molar-refractivity contribution is 5.98. The van der Waals surface area contributed by atoms with Crippen molar-refractivity contribution in [3.05, 3.63) is 65.9 Å². The Morgan fingerprint density at radius 2 is 1.64 bits per heavy atom. The highest BCUT2D eigenvalue weighted by Gasteiger charge is 2.46. The summed E-state index contributed by atoms with van der Waals surface area (Å²) in [5, 5.41) is 0. The highest BCUT2D eigenvalue weighted by Crippen LogP contribution is 2.42. The molecule has 0 atom stereocenters. The quantitative estimate of drug-likeness (QED) is 0.393. The smallest absolute Gasteiger partial charge is 0.357 e. The lowest BCUT2D eigenvalue weighted by molar-refractivity contribution is -0.133. The molecule has 1 spiro atoms. The molecule has 0 bridgehead atoms. The van der Waals surface area contributed by atoms with Crippen LogP contribution < -0.4 is 4.90 Å². The highest BCUT2D eigenvalue weighted by atomic mass is 16.6. The van der Waals surface area contributed by atoms with Crippen LogP contribution in [0.1, 0.15) is 73.1 Å². The number of benzene rings is 1. The predicted octanol–water partition coefficient (Wildman–Crippen LogP) is 4.63. The summed E-state index contributed by atoms with van der Waals surface area (Å²) in [7, 11) is 3.20. The Hall–Kier alpha value is -4.05. The second-order valence-electron chi connectivity index (χ2n) is 12.2. The Kier molecular flexibility index (Phi) is 8.19. The number of piperidine rings is 2. The number of anilines is 1. The number of esters is 2. The van der Waals surface area contributed by atoms with Gasteiger partial charge in [-0.1, -0.05) is 12.1 Å². The summed E-state index contributed by atoms with van der Waals surface area (Å²) in [6.07, 6.45) is 6.74. The summed E-state index contributed by atoms with van der Waals surface area (Å²) < 4.78 is 12.1. The van der Waals surface area contributed by atoms with Gasteiger partial charge in [-0.15, -0.1) is 0 Å². The molecular formula is C32H39N5O5. The van der Waals surface area contributed by atoms with E-state index in [4.69, 9.17) is 9.47 Å². The van der Waals surface area contributed by atoms with Crippen LogP contribution in [-0.4, -0.2) is 69.6 Å². The third kappa shape index (κ3) is 6.09. The van der Waals surface area contributed by atoms with Gasteiger partial charge in [-0.2, -0.15) is 0 Å². The van der Waals surface area contributed by atoms with Crippen LogP contribution in [0.4, 0.5) is 5.69 Å². The van der Waals surface area contributed by atoms with Crippen LogP contribution in [0.25, 0.3) is 11.3 Å². The first-order valence-electron chi connectivity index (χ1n) is 14.4. The fraction of sp³-hybridized carbons (Fsp3) is 0.469. The number of carbonyl (C=O) groups is 3. The van der Waals surface area contributed by atoms with Crippen molar-refractivity contribution in [3.8, 4) is 11.3 Å². The van der Waals surface area contributed by atoms with E-state index in [0.29, 0.717) is 24.3 Å². The monoisotopic (exact) mass is 573 g/mol. The molecule has 2 aromatic heterocycles. The summed E-state index contributed by atoms with van der Waals surface area (Å²) in [6.45, 7) is 8.40. The van der Waals surface area contributed by atoms with Gasteiger partial charge in [-0.25, -0.2) is 14.6 Å². The molecule has 0 saturated carbocycles. The molecular weight excluding hydrogens is 534 g/mol. The average Bonchev–Trinajstić information content (AvgIpc) is 3.34. The molecule has 1 aromatic carbocycles. The van der Waals surface area contributed by atoms with Crippen molar-refractivity contribution in [2.45, 2.75) is 58.6 Å². The normalized spacial score (nSPS) is 17.4. The minimum atomic E-state index is -0.569. The summed E-state index contributed by atoms with van der Waals surface area (Å²) in [5.41, 5.74) is 2.43. The van der Waals surface area contributed by atoms with Crippen LogP contribution in [0.15, 0.2) is 48.8 Å².